The summed E-state index contributed by atoms with van der Waals surface area (Å²) in [5.41, 5.74) is 0.784. The molecule has 1 aliphatic carbocycles. The first-order chi connectivity index (χ1) is 17.5. The quantitative estimate of drug-likeness (QED) is 0.485. The van der Waals surface area contributed by atoms with Crippen LogP contribution in [-0.4, -0.2) is 37.6 Å². The van der Waals surface area contributed by atoms with Crippen LogP contribution >= 0.6 is 0 Å². The van der Waals surface area contributed by atoms with E-state index in [4.69, 9.17) is 9.47 Å². The lowest BCUT2D eigenvalue weighted by Gasteiger charge is -2.38. The molecule has 2 N–H and O–H groups in total. The lowest BCUT2D eigenvalue weighted by molar-refractivity contribution is -0.0601. The number of carbonyl (C=O) groups excluding carboxylic acids is 1. The normalized spacial score (nSPS) is 21.6. The van der Waals surface area contributed by atoms with Gasteiger partial charge in [-0.25, -0.2) is 4.79 Å². The van der Waals surface area contributed by atoms with Crippen LogP contribution in [0.2, 0.25) is 0 Å². The molecule has 2 aromatic rings. The largest absolute Gasteiger partial charge is 0.350 e. The van der Waals surface area contributed by atoms with Gasteiger partial charge in [-0.05, 0) is 55.1 Å². The van der Waals surface area contributed by atoms with Crippen molar-refractivity contribution in [2.24, 2.45) is 11.8 Å². The lowest BCUT2D eigenvalue weighted by atomic mass is 9.68. The van der Waals surface area contributed by atoms with E-state index < -0.39 is 5.41 Å². The Kier molecular flexibility index (Phi) is 9.01. The predicted octanol–water partition coefficient (Wildman–Crippen LogP) is 5.53. The molecule has 0 bridgehead atoms. The van der Waals surface area contributed by atoms with Crippen molar-refractivity contribution in [2.45, 2.75) is 76.2 Å². The average Bonchev–Trinajstić information content (AvgIpc) is 3.40. The molecule has 2 amide bonds. The van der Waals surface area contributed by atoms with Gasteiger partial charge in [-0.3, -0.25) is 0 Å². The van der Waals surface area contributed by atoms with E-state index in [1.807, 2.05) is 60.7 Å². The number of ether oxygens (including phenoxy) is 2. The number of carbonyl (C=O) groups is 1. The molecule has 1 aliphatic heterocycles. The van der Waals surface area contributed by atoms with Gasteiger partial charge < -0.3 is 20.1 Å². The first-order valence-electron chi connectivity index (χ1n) is 13.3. The van der Waals surface area contributed by atoms with Crippen molar-refractivity contribution >= 4 is 6.03 Å². The Hall–Kier alpha value is -2.88. The minimum Gasteiger partial charge on any atom is -0.350 e. The van der Waals surface area contributed by atoms with Crippen LogP contribution in [0.5, 0.6) is 0 Å². The van der Waals surface area contributed by atoms with Gasteiger partial charge in [0.2, 0.25) is 0 Å². The molecule has 2 aromatic carbocycles. The van der Waals surface area contributed by atoms with Gasteiger partial charge in [0, 0.05) is 12.5 Å². The van der Waals surface area contributed by atoms with Crippen LogP contribution < -0.4 is 10.6 Å². The fourth-order valence-electron chi connectivity index (χ4n) is 5.74. The highest BCUT2D eigenvalue weighted by atomic mass is 16.7. The molecule has 192 valence electrons. The number of hydrogen-bond acceptors (Lipinski definition) is 4. The Morgan fingerprint density at radius 1 is 0.972 bits per heavy atom. The Morgan fingerprint density at radius 3 is 2.03 bits per heavy atom. The molecule has 2 fully saturated rings. The number of benzene rings is 2. The van der Waals surface area contributed by atoms with Crippen LogP contribution in [0.3, 0.4) is 0 Å². The molecular weight excluding hydrogens is 450 g/mol. The fourth-order valence-corrected chi connectivity index (χ4v) is 5.74. The summed E-state index contributed by atoms with van der Waals surface area (Å²) in [6, 6.07) is 21.9. The van der Waals surface area contributed by atoms with Crippen molar-refractivity contribution in [1.29, 1.82) is 5.26 Å². The molecule has 1 atom stereocenters. The second-order valence-electron chi connectivity index (χ2n) is 10.6. The van der Waals surface area contributed by atoms with Crippen molar-refractivity contribution < 1.29 is 14.3 Å². The molecule has 4 rings (SSSR count). The van der Waals surface area contributed by atoms with Gasteiger partial charge in [0.25, 0.3) is 0 Å². The van der Waals surface area contributed by atoms with E-state index in [2.05, 4.69) is 30.6 Å². The van der Waals surface area contributed by atoms with Crippen molar-refractivity contribution in [2.75, 3.05) is 13.2 Å². The maximum Gasteiger partial charge on any atom is 0.315 e. The first kappa shape index (κ1) is 26.2. The average molecular weight is 490 g/mol. The van der Waals surface area contributed by atoms with E-state index in [9.17, 15) is 10.1 Å². The first-order valence-corrected chi connectivity index (χ1v) is 13.3. The van der Waals surface area contributed by atoms with E-state index in [1.54, 1.807) is 0 Å². The monoisotopic (exact) mass is 489 g/mol. The van der Waals surface area contributed by atoms with Crippen molar-refractivity contribution in [3.05, 3.63) is 71.8 Å². The molecule has 36 heavy (non-hydrogen) atoms. The highest BCUT2D eigenvalue weighted by molar-refractivity contribution is 5.75. The van der Waals surface area contributed by atoms with Crippen LogP contribution in [0.4, 0.5) is 4.79 Å². The van der Waals surface area contributed by atoms with Crippen molar-refractivity contribution in [1.82, 2.24) is 10.6 Å². The van der Waals surface area contributed by atoms with Crippen LogP contribution in [0.15, 0.2) is 60.7 Å². The molecule has 1 heterocycles. The van der Waals surface area contributed by atoms with Crippen LogP contribution in [0, 0.1) is 23.2 Å². The van der Waals surface area contributed by atoms with Crippen LogP contribution in [-0.2, 0) is 14.9 Å². The molecule has 0 radical (unpaired) electrons. The van der Waals surface area contributed by atoms with E-state index in [1.165, 1.54) is 0 Å². The van der Waals surface area contributed by atoms with Gasteiger partial charge in [-0.1, -0.05) is 74.5 Å². The molecule has 6 heteroatoms. The molecule has 0 spiro atoms. The van der Waals surface area contributed by atoms with Crippen molar-refractivity contribution in [3.8, 4) is 6.07 Å². The maximum atomic E-state index is 13.3. The Balaban J connectivity index is 1.48. The third kappa shape index (κ3) is 6.27. The number of urea groups is 1. The Labute approximate surface area is 215 Å². The van der Waals surface area contributed by atoms with E-state index >= 15 is 0 Å². The zero-order valence-electron chi connectivity index (χ0n) is 21.5. The summed E-state index contributed by atoms with van der Waals surface area (Å²) in [4.78, 5) is 13.3. The maximum absolute atomic E-state index is 13.3. The minimum atomic E-state index is -0.997. The molecule has 2 aliphatic rings. The van der Waals surface area contributed by atoms with Gasteiger partial charge in [0.15, 0.2) is 6.29 Å². The number of hydrogen-bond donors (Lipinski definition) is 2. The third-order valence-corrected chi connectivity index (χ3v) is 7.57. The second kappa shape index (κ2) is 12.4. The number of nitriles is 1. The SMILES string of the molecule is CC(C)C[C@H](NC(=O)NC1CCC(CC2OCCO2)CC1)C(C#N)(c1ccccc1)c1ccccc1. The summed E-state index contributed by atoms with van der Waals surface area (Å²) in [6.45, 7) is 5.64. The van der Waals surface area contributed by atoms with Gasteiger partial charge in [0.05, 0.1) is 25.3 Å². The highest BCUT2D eigenvalue weighted by Crippen LogP contribution is 2.38. The topological polar surface area (TPSA) is 83.4 Å². The summed E-state index contributed by atoms with van der Waals surface area (Å²) < 4.78 is 11.2. The van der Waals surface area contributed by atoms with Crippen LogP contribution in [0.1, 0.15) is 63.5 Å². The summed E-state index contributed by atoms with van der Waals surface area (Å²) in [6.07, 6.45) is 5.56. The molecule has 1 saturated carbocycles. The number of rotatable bonds is 9. The molecular formula is C30H39N3O3. The van der Waals surface area contributed by atoms with E-state index in [0.717, 1.165) is 43.2 Å². The number of nitrogens with one attached hydrogen (secondary N) is 2. The molecule has 0 aromatic heterocycles. The second-order valence-corrected chi connectivity index (χ2v) is 10.6. The van der Waals surface area contributed by atoms with Gasteiger partial charge in [0.1, 0.15) is 5.41 Å². The Morgan fingerprint density at radius 2 is 1.53 bits per heavy atom. The van der Waals surface area contributed by atoms with Gasteiger partial charge >= 0.3 is 6.03 Å². The summed E-state index contributed by atoms with van der Waals surface area (Å²) in [5, 5.41) is 17.2. The van der Waals surface area contributed by atoms with E-state index in [0.29, 0.717) is 31.5 Å². The lowest BCUT2D eigenvalue weighted by Crippen LogP contribution is -2.55. The summed E-state index contributed by atoms with van der Waals surface area (Å²) in [7, 11) is 0. The van der Waals surface area contributed by atoms with Crippen molar-refractivity contribution in [3.63, 3.8) is 0 Å². The fraction of sp³-hybridized carbons (Fsp3) is 0.533. The Bertz CT molecular complexity index is 952. The number of amides is 2. The van der Waals surface area contributed by atoms with E-state index in [-0.39, 0.29) is 24.4 Å². The molecule has 6 nitrogen and oxygen atoms in total. The van der Waals surface area contributed by atoms with Gasteiger partial charge in [-0.15, -0.1) is 0 Å². The molecule has 0 unspecified atom stereocenters. The zero-order valence-corrected chi connectivity index (χ0v) is 21.5. The van der Waals surface area contributed by atoms with Crippen LogP contribution in [0.25, 0.3) is 0 Å². The number of nitrogens with zero attached hydrogens (tertiary/aromatic N) is 1. The smallest absolute Gasteiger partial charge is 0.315 e. The summed E-state index contributed by atoms with van der Waals surface area (Å²) in [5.74, 6) is 0.871. The third-order valence-electron chi connectivity index (χ3n) is 7.57. The van der Waals surface area contributed by atoms with Gasteiger partial charge in [-0.2, -0.15) is 5.26 Å². The molecule has 1 saturated heterocycles. The highest BCUT2D eigenvalue weighted by Gasteiger charge is 2.44. The minimum absolute atomic E-state index is 0.0605. The zero-order chi connectivity index (χ0) is 25.4. The standard InChI is InChI=1S/C30H39N3O3/c1-22(2)19-27(30(21-31,24-9-5-3-6-10-24)25-11-7-4-8-12-25)33-29(34)32-26-15-13-23(14-16-26)20-28-35-17-18-36-28/h3-12,22-23,26-28H,13-20H2,1-2H3,(H2,32,33,34)/t23?,26?,27-/m0/s1. The predicted molar refractivity (Wildman–Crippen MR) is 140 cm³/mol. The summed E-state index contributed by atoms with van der Waals surface area (Å²) >= 11 is 0.